The van der Waals surface area contributed by atoms with Gasteiger partial charge in [-0.1, -0.05) is 18.2 Å². The molecule has 0 aromatic heterocycles. The van der Waals surface area contributed by atoms with Crippen LogP contribution < -0.4 is 0 Å². The first kappa shape index (κ1) is 15.3. The van der Waals surface area contributed by atoms with Gasteiger partial charge in [-0.3, -0.25) is 0 Å². The van der Waals surface area contributed by atoms with Gasteiger partial charge in [0.2, 0.25) is 0 Å². The summed E-state index contributed by atoms with van der Waals surface area (Å²) < 4.78 is 53.1. The molecule has 0 amide bonds. The van der Waals surface area contributed by atoms with Crippen LogP contribution in [0.1, 0.15) is 16.7 Å². The molecule has 0 radical (unpaired) electrons. The fourth-order valence-electron chi connectivity index (χ4n) is 1.62. The van der Waals surface area contributed by atoms with Crippen LogP contribution in [0.5, 0.6) is 0 Å². The van der Waals surface area contributed by atoms with Gasteiger partial charge in [0.05, 0.1) is 21.7 Å². The molecule has 6 heteroatoms. The quantitative estimate of drug-likeness (QED) is 0.320. The van der Waals surface area contributed by atoms with E-state index in [1.807, 2.05) is 6.07 Å². The van der Waals surface area contributed by atoms with Crippen molar-refractivity contribution < 1.29 is 17.6 Å². The van der Waals surface area contributed by atoms with E-state index < -0.39 is 33.3 Å². The van der Waals surface area contributed by atoms with E-state index in [0.29, 0.717) is 11.1 Å². The van der Waals surface area contributed by atoms with Gasteiger partial charge in [-0.25, -0.2) is 17.6 Å². The number of halogens is 5. The highest BCUT2D eigenvalue weighted by molar-refractivity contribution is 9.10. The van der Waals surface area contributed by atoms with Gasteiger partial charge in [-0.2, -0.15) is 5.26 Å². The van der Waals surface area contributed by atoms with Crippen LogP contribution in [0.15, 0.2) is 28.7 Å². The summed E-state index contributed by atoms with van der Waals surface area (Å²) in [4.78, 5) is 0. The van der Waals surface area contributed by atoms with E-state index in [-0.39, 0.29) is 0 Å². The average Bonchev–Trinajstić information content (AvgIpc) is 2.51. The zero-order chi connectivity index (χ0) is 15.6. The molecule has 0 unspecified atom stereocenters. The van der Waals surface area contributed by atoms with Crippen LogP contribution in [0.3, 0.4) is 0 Å². The predicted molar refractivity (Wildman–Crippen MR) is 74.1 cm³/mol. The topological polar surface area (TPSA) is 23.8 Å². The second-order valence-electron chi connectivity index (χ2n) is 4.05. The summed E-state index contributed by atoms with van der Waals surface area (Å²) >= 11 is 2.44. The van der Waals surface area contributed by atoms with E-state index in [1.54, 1.807) is 0 Å². The van der Waals surface area contributed by atoms with Crippen LogP contribution >= 0.6 is 15.9 Å². The van der Waals surface area contributed by atoms with Gasteiger partial charge in [0.1, 0.15) is 0 Å². The lowest BCUT2D eigenvalue weighted by Gasteiger charge is -2.05. The first-order valence-electron chi connectivity index (χ1n) is 5.65. The maximum absolute atomic E-state index is 13.6. The van der Waals surface area contributed by atoms with Crippen molar-refractivity contribution in [3.63, 3.8) is 0 Å². The van der Waals surface area contributed by atoms with E-state index in [2.05, 4.69) is 15.9 Å². The smallest absolute Gasteiger partial charge is 0.176 e. The van der Waals surface area contributed by atoms with Gasteiger partial charge < -0.3 is 0 Å². The largest absolute Gasteiger partial charge is 0.203 e. The fourth-order valence-corrected chi connectivity index (χ4v) is 1.96. The molecule has 0 saturated heterocycles. The van der Waals surface area contributed by atoms with Crippen LogP contribution in [0.25, 0.3) is 12.2 Å². The number of hydrogen-bond acceptors (Lipinski definition) is 1. The molecule has 21 heavy (non-hydrogen) atoms. The number of nitrogens with zero attached hydrogens (tertiary/aromatic N) is 1. The highest BCUT2D eigenvalue weighted by atomic mass is 79.9. The molecule has 0 N–H and O–H groups in total. The average molecular weight is 356 g/mol. The maximum atomic E-state index is 13.6. The van der Waals surface area contributed by atoms with Gasteiger partial charge >= 0.3 is 0 Å². The Balaban J connectivity index is 2.44. The number of benzene rings is 2. The summed E-state index contributed by atoms with van der Waals surface area (Å²) in [6, 6.07) is 8.01. The van der Waals surface area contributed by atoms with Gasteiger partial charge in [0, 0.05) is 0 Å². The fraction of sp³-hybridized carbons (Fsp3) is 0. The lowest BCUT2D eigenvalue weighted by Crippen LogP contribution is -2.00. The van der Waals surface area contributed by atoms with Crippen LogP contribution in [0, 0.1) is 34.6 Å². The number of hydrogen-bond donors (Lipinski definition) is 0. The van der Waals surface area contributed by atoms with E-state index in [4.69, 9.17) is 5.26 Å². The van der Waals surface area contributed by atoms with Crippen molar-refractivity contribution >= 4 is 28.1 Å². The summed E-state index contributed by atoms with van der Waals surface area (Å²) in [5.74, 6) is -5.95. The van der Waals surface area contributed by atoms with Crippen molar-refractivity contribution in [2.24, 2.45) is 0 Å². The Morgan fingerprint density at radius 2 is 1.38 bits per heavy atom. The van der Waals surface area contributed by atoms with E-state index in [0.717, 1.165) is 6.08 Å². The van der Waals surface area contributed by atoms with E-state index in [9.17, 15) is 17.6 Å². The summed E-state index contributed by atoms with van der Waals surface area (Å²) in [5, 5.41) is 8.64. The van der Waals surface area contributed by atoms with Crippen LogP contribution in [0.4, 0.5) is 17.6 Å². The maximum Gasteiger partial charge on any atom is 0.176 e. The molecule has 0 spiro atoms. The molecule has 0 saturated carbocycles. The molecule has 0 bridgehead atoms. The standard InChI is InChI=1S/C15H6BrF4N/c16-11-14(19)12(17)10(13(18)15(11)20)6-5-8-1-3-9(7-21)4-2-8/h1-6H/b6-5+. The molecular weight excluding hydrogens is 350 g/mol. The van der Waals surface area contributed by atoms with Crippen molar-refractivity contribution in [1.29, 1.82) is 5.26 Å². The monoisotopic (exact) mass is 355 g/mol. The zero-order valence-corrected chi connectivity index (χ0v) is 11.9. The Morgan fingerprint density at radius 3 is 1.86 bits per heavy atom. The Morgan fingerprint density at radius 1 is 0.857 bits per heavy atom. The van der Waals surface area contributed by atoms with E-state index >= 15 is 0 Å². The molecule has 0 aliphatic heterocycles. The molecule has 0 atom stereocenters. The molecule has 0 aliphatic rings. The first-order chi connectivity index (χ1) is 9.95. The third-order valence-corrected chi connectivity index (χ3v) is 3.42. The zero-order valence-electron chi connectivity index (χ0n) is 10.3. The summed E-state index contributed by atoms with van der Waals surface area (Å²) in [7, 11) is 0. The minimum atomic E-state index is -1.49. The first-order valence-corrected chi connectivity index (χ1v) is 6.44. The minimum Gasteiger partial charge on any atom is -0.203 e. The van der Waals surface area contributed by atoms with Crippen molar-refractivity contribution in [2.45, 2.75) is 0 Å². The van der Waals surface area contributed by atoms with Crippen molar-refractivity contribution in [2.75, 3.05) is 0 Å². The lowest BCUT2D eigenvalue weighted by molar-refractivity contribution is 0.444. The Hall–Kier alpha value is -2.13. The molecular formula is C15H6BrF4N. The normalized spacial score (nSPS) is 10.9. The Bertz CT molecular complexity index is 732. The van der Waals surface area contributed by atoms with Crippen molar-refractivity contribution in [3.8, 4) is 6.07 Å². The number of nitriles is 1. The molecule has 1 nitrogen and oxygen atoms in total. The Labute approximate surface area is 126 Å². The van der Waals surface area contributed by atoms with Gasteiger partial charge in [-0.05, 0) is 39.7 Å². The van der Waals surface area contributed by atoms with Crippen LogP contribution in [-0.2, 0) is 0 Å². The van der Waals surface area contributed by atoms with Gasteiger partial charge in [0.15, 0.2) is 23.3 Å². The third kappa shape index (κ3) is 2.98. The molecule has 0 heterocycles. The SMILES string of the molecule is N#Cc1ccc(/C=C/c2c(F)c(F)c(Br)c(F)c2F)cc1. The van der Waals surface area contributed by atoms with Crippen molar-refractivity contribution in [3.05, 3.63) is 68.7 Å². The van der Waals surface area contributed by atoms with Crippen LogP contribution in [-0.4, -0.2) is 0 Å². The predicted octanol–water partition coefficient (Wildman–Crippen LogP) is 5.05. The van der Waals surface area contributed by atoms with E-state index in [1.165, 1.54) is 30.3 Å². The van der Waals surface area contributed by atoms with Gasteiger partial charge in [-0.15, -0.1) is 0 Å². The number of rotatable bonds is 2. The molecule has 2 aromatic rings. The van der Waals surface area contributed by atoms with Crippen LogP contribution in [0.2, 0.25) is 0 Å². The molecule has 0 aliphatic carbocycles. The van der Waals surface area contributed by atoms with Crippen molar-refractivity contribution in [1.82, 2.24) is 0 Å². The summed E-state index contributed by atoms with van der Waals surface area (Å²) in [5.41, 5.74) is 0.138. The molecule has 2 rings (SSSR count). The third-order valence-electron chi connectivity index (χ3n) is 2.73. The molecule has 2 aromatic carbocycles. The highest BCUT2D eigenvalue weighted by Gasteiger charge is 2.22. The minimum absolute atomic E-state index is 0.422. The Kier molecular flexibility index (Phi) is 4.43. The molecule has 0 fully saturated rings. The second kappa shape index (κ2) is 6.10. The van der Waals surface area contributed by atoms with Gasteiger partial charge in [0.25, 0.3) is 0 Å². The highest BCUT2D eigenvalue weighted by Crippen LogP contribution is 2.29. The summed E-state index contributed by atoms with van der Waals surface area (Å²) in [6.45, 7) is 0. The second-order valence-corrected chi connectivity index (χ2v) is 4.84. The summed E-state index contributed by atoms with van der Waals surface area (Å²) in [6.07, 6.45) is 2.22. The lowest BCUT2D eigenvalue weighted by atomic mass is 10.1. The molecule has 106 valence electrons.